The molecular formula is C14H26O3. The van der Waals surface area contributed by atoms with E-state index < -0.39 is 6.16 Å². The Balaban J connectivity index is 2.16. The molecule has 1 fully saturated rings. The van der Waals surface area contributed by atoms with E-state index in [1.807, 2.05) is 0 Å². The van der Waals surface area contributed by atoms with Crippen LogP contribution in [-0.4, -0.2) is 19.9 Å². The molecule has 1 unspecified atom stereocenters. The molecule has 1 saturated carbocycles. The van der Waals surface area contributed by atoms with Crippen LogP contribution in [0.4, 0.5) is 4.79 Å². The summed E-state index contributed by atoms with van der Waals surface area (Å²) in [6.45, 7) is 2.73. The molecule has 100 valence electrons. The smallest absolute Gasteiger partial charge is 0.438 e. The van der Waals surface area contributed by atoms with Crippen LogP contribution in [0.25, 0.3) is 0 Å². The Labute approximate surface area is 105 Å². The fourth-order valence-electron chi connectivity index (χ4n) is 2.75. The zero-order valence-electron chi connectivity index (χ0n) is 11.2. The average Bonchev–Trinajstić information content (AvgIpc) is 2.38. The van der Waals surface area contributed by atoms with Gasteiger partial charge in [0.15, 0.2) is 0 Å². The van der Waals surface area contributed by atoms with E-state index in [-0.39, 0.29) is 0 Å². The second-order valence-electron chi connectivity index (χ2n) is 5.11. The van der Waals surface area contributed by atoms with Gasteiger partial charge >= 0.3 is 6.16 Å². The molecule has 0 aliphatic heterocycles. The van der Waals surface area contributed by atoms with Crippen molar-refractivity contribution in [3.8, 4) is 0 Å². The number of rotatable bonds is 6. The highest BCUT2D eigenvalue weighted by Crippen LogP contribution is 2.31. The summed E-state index contributed by atoms with van der Waals surface area (Å²) in [6, 6.07) is 0. The third kappa shape index (κ3) is 5.94. The summed E-state index contributed by atoms with van der Waals surface area (Å²) in [7, 11) is 1.35. The normalized spacial score (nSPS) is 18.7. The molecule has 1 rings (SSSR count). The maximum atomic E-state index is 10.8. The SMILES string of the molecule is CCC(CCOC(=O)OC)CC1CCCCC1. The molecule has 0 heterocycles. The number of hydrogen-bond acceptors (Lipinski definition) is 3. The Kier molecular flexibility index (Phi) is 7.06. The van der Waals surface area contributed by atoms with Gasteiger partial charge < -0.3 is 9.47 Å². The molecule has 0 aromatic heterocycles. The summed E-state index contributed by atoms with van der Waals surface area (Å²) in [5, 5.41) is 0. The van der Waals surface area contributed by atoms with E-state index >= 15 is 0 Å². The van der Waals surface area contributed by atoms with E-state index in [0.29, 0.717) is 12.5 Å². The van der Waals surface area contributed by atoms with Crippen LogP contribution in [0.3, 0.4) is 0 Å². The topological polar surface area (TPSA) is 35.5 Å². The van der Waals surface area contributed by atoms with Gasteiger partial charge in [-0.15, -0.1) is 0 Å². The summed E-state index contributed by atoms with van der Waals surface area (Å²) < 4.78 is 9.41. The van der Waals surface area contributed by atoms with Crippen molar-refractivity contribution in [3.63, 3.8) is 0 Å². The quantitative estimate of drug-likeness (QED) is 0.656. The molecule has 0 bridgehead atoms. The van der Waals surface area contributed by atoms with Crippen molar-refractivity contribution >= 4 is 6.16 Å². The Hall–Kier alpha value is -0.730. The van der Waals surface area contributed by atoms with Crippen LogP contribution in [-0.2, 0) is 9.47 Å². The van der Waals surface area contributed by atoms with Crippen molar-refractivity contribution < 1.29 is 14.3 Å². The standard InChI is InChI=1S/C14H26O3/c1-3-12(9-10-17-14(15)16-2)11-13-7-5-4-6-8-13/h12-13H,3-11H2,1-2H3. The minimum atomic E-state index is -0.558. The predicted octanol–water partition coefficient (Wildman–Crippen LogP) is 4.16. The first-order valence-electron chi connectivity index (χ1n) is 6.97. The van der Waals surface area contributed by atoms with Gasteiger partial charge in [0.1, 0.15) is 0 Å². The molecule has 0 saturated heterocycles. The second kappa shape index (κ2) is 8.37. The highest BCUT2D eigenvalue weighted by Gasteiger charge is 2.18. The maximum absolute atomic E-state index is 10.8. The van der Waals surface area contributed by atoms with E-state index in [1.54, 1.807) is 0 Å². The molecule has 0 aromatic rings. The maximum Gasteiger partial charge on any atom is 0.507 e. The Morgan fingerprint density at radius 1 is 1.29 bits per heavy atom. The summed E-state index contributed by atoms with van der Waals surface area (Å²) in [4.78, 5) is 10.8. The first-order valence-corrected chi connectivity index (χ1v) is 6.97. The van der Waals surface area contributed by atoms with Crippen LogP contribution in [0.15, 0.2) is 0 Å². The summed E-state index contributed by atoms with van der Waals surface area (Å²) in [5.74, 6) is 1.61. The van der Waals surface area contributed by atoms with Crippen molar-refractivity contribution in [2.75, 3.05) is 13.7 Å². The molecule has 0 radical (unpaired) electrons. The summed E-state index contributed by atoms with van der Waals surface area (Å²) >= 11 is 0. The zero-order valence-corrected chi connectivity index (χ0v) is 11.2. The van der Waals surface area contributed by atoms with E-state index in [0.717, 1.165) is 12.3 Å². The van der Waals surface area contributed by atoms with Gasteiger partial charge in [-0.3, -0.25) is 0 Å². The van der Waals surface area contributed by atoms with Gasteiger partial charge in [0, 0.05) is 0 Å². The zero-order chi connectivity index (χ0) is 12.5. The van der Waals surface area contributed by atoms with Crippen molar-refractivity contribution in [3.05, 3.63) is 0 Å². The van der Waals surface area contributed by atoms with Gasteiger partial charge in [0.2, 0.25) is 0 Å². The number of methoxy groups -OCH3 is 1. The molecule has 0 N–H and O–H groups in total. The molecule has 0 spiro atoms. The average molecular weight is 242 g/mol. The molecule has 1 aliphatic carbocycles. The molecule has 3 nitrogen and oxygen atoms in total. The number of hydrogen-bond donors (Lipinski definition) is 0. The molecule has 3 heteroatoms. The van der Waals surface area contributed by atoms with Crippen LogP contribution < -0.4 is 0 Å². The Bertz CT molecular complexity index is 210. The first-order chi connectivity index (χ1) is 8.26. The predicted molar refractivity (Wildman–Crippen MR) is 67.9 cm³/mol. The highest BCUT2D eigenvalue weighted by molar-refractivity contribution is 5.59. The lowest BCUT2D eigenvalue weighted by Gasteiger charge is -2.25. The largest absolute Gasteiger partial charge is 0.507 e. The van der Waals surface area contributed by atoms with E-state index in [1.165, 1.54) is 52.1 Å². The van der Waals surface area contributed by atoms with Crippen molar-refractivity contribution in [1.29, 1.82) is 0 Å². The molecule has 0 aromatic carbocycles. The fourth-order valence-corrected chi connectivity index (χ4v) is 2.75. The Morgan fingerprint density at radius 3 is 2.59 bits per heavy atom. The summed E-state index contributed by atoms with van der Waals surface area (Å²) in [5.41, 5.74) is 0. The van der Waals surface area contributed by atoms with E-state index in [9.17, 15) is 4.79 Å². The van der Waals surface area contributed by atoms with Gasteiger partial charge in [-0.2, -0.15) is 0 Å². The minimum Gasteiger partial charge on any atom is -0.438 e. The number of ether oxygens (including phenoxy) is 2. The van der Waals surface area contributed by atoms with E-state index in [4.69, 9.17) is 4.74 Å². The van der Waals surface area contributed by atoms with Gasteiger partial charge in [-0.1, -0.05) is 45.4 Å². The molecule has 1 aliphatic rings. The van der Waals surface area contributed by atoms with Crippen LogP contribution in [0, 0.1) is 11.8 Å². The second-order valence-corrected chi connectivity index (χ2v) is 5.11. The van der Waals surface area contributed by atoms with Gasteiger partial charge in [-0.05, 0) is 24.7 Å². The van der Waals surface area contributed by atoms with E-state index in [2.05, 4.69) is 11.7 Å². The lowest BCUT2D eigenvalue weighted by atomic mass is 9.81. The third-order valence-corrected chi connectivity index (χ3v) is 3.88. The summed E-state index contributed by atoms with van der Waals surface area (Å²) in [6.07, 6.45) is 9.92. The van der Waals surface area contributed by atoms with Crippen LogP contribution in [0.5, 0.6) is 0 Å². The number of carbonyl (C=O) groups excluding carboxylic acids is 1. The minimum absolute atomic E-state index is 0.498. The lowest BCUT2D eigenvalue weighted by Crippen LogP contribution is -2.15. The van der Waals surface area contributed by atoms with Gasteiger partial charge in [0.05, 0.1) is 13.7 Å². The fraction of sp³-hybridized carbons (Fsp3) is 0.929. The van der Waals surface area contributed by atoms with Crippen molar-refractivity contribution in [2.45, 2.75) is 58.3 Å². The molecule has 1 atom stereocenters. The van der Waals surface area contributed by atoms with Crippen LogP contribution in [0.2, 0.25) is 0 Å². The van der Waals surface area contributed by atoms with Crippen LogP contribution in [0.1, 0.15) is 58.3 Å². The highest BCUT2D eigenvalue weighted by atomic mass is 16.7. The van der Waals surface area contributed by atoms with Crippen molar-refractivity contribution in [2.24, 2.45) is 11.8 Å². The Morgan fingerprint density at radius 2 is 2.00 bits per heavy atom. The molecular weight excluding hydrogens is 216 g/mol. The third-order valence-electron chi connectivity index (χ3n) is 3.88. The van der Waals surface area contributed by atoms with Gasteiger partial charge in [-0.25, -0.2) is 4.79 Å². The van der Waals surface area contributed by atoms with Crippen LogP contribution >= 0.6 is 0 Å². The first kappa shape index (κ1) is 14.3. The molecule has 0 amide bonds. The van der Waals surface area contributed by atoms with Crippen molar-refractivity contribution in [1.82, 2.24) is 0 Å². The van der Waals surface area contributed by atoms with Gasteiger partial charge in [0.25, 0.3) is 0 Å². The monoisotopic (exact) mass is 242 g/mol. The lowest BCUT2D eigenvalue weighted by molar-refractivity contribution is 0.0665. The number of carbonyl (C=O) groups is 1. The molecule has 17 heavy (non-hydrogen) atoms.